The number of benzene rings is 3. The van der Waals surface area contributed by atoms with Gasteiger partial charge in [-0.05, 0) is 29.5 Å². The van der Waals surface area contributed by atoms with E-state index in [4.69, 9.17) is 11.6 Å². The molecule has 1 aliphatic heterocycles. The highest BCUT2D eigenvalue weighted by Crippen LogP contribution is 2.37. The molecule has 4 heteroatoms. The molecule has 0 spiro atoms. The molecule has 1 heterocycles. The third kappa shape index (κ3) is 3.38. The summed E-state index contributed by atoms with van der Waals surface area (Å²) in [5.41, 5.74) is 3.66. The summed E-state index contributed by atoms with van der Waals surface area (Å²) in [5.74, 6) is 7.37. The second kappa shape index (κ2) is 7.76. The lowest BCUT2D eigenvalue weighted by Gasteiger charge is -2.35. The molecule has 0 saturated heterocycles. The normalized spacial score (nSPS) is 12.5. The van der Waals surface area contributed by atoms with E-state index in [-0.39, 0.29) is 6.98 Å². The lowest BCUT2D eigenvalue weighted by atomic mass is 9.71. The maximum Gasteiger partial charge on any atom is 0.463 e. The number of rotatable bonds is 4. The van der Waals surface area contributed by atoms with Crippen molar-refractivity contribution >= 4 is 40.7 Å². The molecule has 0 radical (unpaired) electrons. The summed E-state index contributed by atoms with van der Waals surface area (Å²) in [4.78, 5) is 2.36. The molecule has 1 aliphatic rings. The van der Waals surface area contributed by atoms with Crippen LogP contribution < -0.4 is 10.0 Å². The molecule has 0 atom stereocenters. The van der Waals surface area contributed by atoms with E-state index in [0.29, 0.717) is 5.88 Å². The van der Waals surface area contributed by atoms with Crippen LogP contribution in [0.25, 0.3) is 10.8 Å². The Morgan fingerprint density at radius 2 is 1.77 bits per heavy atom. The van der Waals surface area contributed by atoms with Gasteiger partial charge in [-0.1, -0.05) is 60.4 Å². The molecule has 0 bridgehead atoms. The van der Waals surface area contributed by atoms with Gasteiger partial charge in [-0.25, -0.2) is 0 Å². The Morgan fingerprint density at radius 3 is 2.58 bits per heavy atom. The smallest absolute Gasteiger partial charge is 0.398 e. The number of unbranched alkanes of at least 4 members (excludes halogenated alkanes) is 1. The highest BCUT2D eigenvalue weighted by molar-refractivity contribution is 6.75. The molecule has 0 fully saturated rings. The first-order chi connectivity index (χ1) is 12.9. The van der Waals surface area contributed by atoms with Gasteiger partial charge in [0.25, 0.3) is 0 Å². The molecule has 4 rings (SSSR count). The summed E-state index contributed by atoms with van der Waals surface area (Å²) < 4.78 is 0. The van der Waals surface area contributed by atoms with E-state index in [1.165, 1.54) is 22.0 Å². The number of nitrogens with one attached hydrogen (secondary N) is 1. The fraction of sp³-hybridized carbons (Fsp3) is 0.182. The van der Waals surface area contributed by atoms with Crippen molar-refractivity contribution in [2.24, 2.45) is 0 Å². The van der Waals surface area contributed by atoms with Crippen LogP contribution in [0, 0.1) is 11.7 Å². The Balaban J connectivity index is 1.75. The monoisotopic (exact) mass is 358 g/mol. The van der Waals surface area contributed by atoms with Crippen molar-refractivity contribution in [1.82, 2.24) is 0 Å². The summed E-state index contributed by atoms with van der Waals surface area (Å²) in [7, 11) is 0. The van der Waals surface area contributed by atoms with Gasteiger partial charge in [-0.2, -0.15) is 0 Å². The minimum Gasteiger partial charge on any atom is -0.398 e. The quantitative estimate of drug-likeness (QED) is 0.294. The number of nitrogens with zero attached hydrogens (tertiary/aromatic N) is 1. The van der Waals surface area contributed by atoms with E-state index >= 15 is 0 Å². The molecule has 2 nitrogen and oxygen atoms in total. The Kier molecular flexibility index (Phi) is 5.04. The first-order valence-corrected chi connectivity index (χ1v) is 9.53. The molecular formula is C22H20BClN2. The van der Waals surface area contributed by atoms with Crippen molar-refractivity contribution in [3.63, 3.8) is 0 Å². The van der Waals surface area contributed by atoms with Gasteiger partial charge in [0.15, 0.2) is 0 Å². The third-order valence-electron chi connectivity index (χ3n) is 4.67. The van der Waals surface area contributed by atoms with Crippen LogP contribution in [0.5, 0.6) is 0 Å². The fourth-order valence-corrected chi connectivity index (χ4v) is 3.57. The standard InChI is InChI=1S/C22H20BClN2/c24-16-6-2-5-15-23-25-20-13-7-11-19-12-8-14-21(22(19)20)26(23)17-18-9-3-1-4-10-18/h1,3-4,7-14,25H,2,6,16-17H2. The number of hydrogen-bond acceptors (Lipinski definition) is 2. The minimum absolute atomic E-state index is 0.0500. The molecule has 26 heavy (non-hydrogen) atoms. The van der Waals surface area contributed by atoms with Crippen LogP contribution in [-0.2, 0) is 6.54 Å². The summed E-state index contributed by atoms with van der Waals surface area (Å²) in [5, 5.41) is 6.15. The van der Waals surface area contributed by atoms with Gasteiger partial charge >= 0.3 is 6.98 Å². The number of alkyl halides is 1. The fourth-order valence-electron chi connectivity index (χ4n) is 3.44. The molecule has 0 saturated carbocycles. The number of anilines is 2. The third-order valence-corrected chi connectivity index (χ3v) is 4.93. The van der Waals surface area contributed by atoms with Crippen LogP contribution in [-0.4, -0.2) is 12.9 Å². The van der Waals surface area contributed by atoms with Crippen molar-refractivity contribution in [1.29, 1.82) is 0 Å². The molecule has 3 aromatic carbocycles. The summed E-state index contributed by atoms with van der Waals surface area (Å²) in [6.45, 7) is 0.766. The van der Waals surface area contributed by atoms with Crippen LogP contribution in [0.4, 0.5) is 11.4 Å². The average molecular weight is 359 g/mol. The predicted molar refractivity (Wildman–Crippen MR) is 114 cm³/mol. The summed E-state index contributed by atoms with van der Waals surface area (Å²) in [6.07, 6.45) is 1.75. The Hall–Kier alpha value is -2.57. The number of hydrogen-bond donors (Lipinski definition) is 1. The Morgan fingerprint density at radius 1 is 0.962 bits per heavy atom. The second-order valence-corrected chi connectivity index (χ2v) is 6.83. The average Bonchev–Trinajstić information content (AvgIpc) is 2.69. The highest BCUT2D eigenvalue weighted by atomic mass is 35.5. The molecular weight excluding hydrogens is 339 g/mol. The van der Waals surface area contributed by atoms with E-state index in [2.05, 4.69) is 88.5 Å². The molecule has 128 valence electrons. The van der Waals surface area contributed by atoms with Crippen molar-refractivity contribution in [3.8, 4) is 11.7 Å². The van der Waals surface area contributed by atoms with Crippen LogP contribution in [0.1, 0.15) is 18.4 Å². The molecule has 1 N–H and O–H groups in total. The van der Waals surface area contributed by atoms with Crippen molar-refractivity contribution in [3.05, 3.63) is 72.3 Å². The molecule has 0 unspecified atom stereocenters. The predicted octanol–water partition coefficient (Wildman–Crippen LogP) is 5.32. The number of halogens is 1. The van der Waals surface area contributed by atoms with Gasteiger partial charge in [-0.3, -0.25) is 0 Å². The van der Waals surface area contributed by atoms with Gasteiger partial charge in [0.1, 0.15) is 0 Å². The SMILES string of the molecule is ClCCCC#CB1Nc2cccc3cccc(c23)N1Cc1ccccc1. The van der Waals surface area contributed by atoms with E-state index in [0.717, 1.165) is 25.1 Å². The zero-order chi connectivity index (χ0) is 17.8. The van der Waals surface area contributed by atoms with Crippen molar-refractivity contribution < 1.29 is 0 Å². The first-order valence-electron chi connectivity index (χ1n) is 9.00. The minimum atomic E-state index is -0.0500. The van der Waals surface area contributed by atoms with Gasteiger partial charge in [0, 0.05) is 35.6 Å². The van der Waals surface area contributed by atoms with E-state index < -0.39 is 0 Å². The zero-order valence-electron chi connectivity index (χ0n) is 14.6. The Labute approximate surface area is 160 Å². The second-order valence-electron chi connectivity index (χ2n) is 6.45. The van der Waals surface area contributed by atoms with Gasteiger partial charge in [0.2, 0.25) is 0 Å². The van der Waals surface area contributed by atoms with Gasteiger partial charge < -0.3 is 10.0 Å². The summed E-state index contributed by atoms with van der Waals surface area (Å²) >= 11 is 5.79. The summed E-state index contributed by atoms with van der Waals surface area (Å²) in [6, 6.07) is 23.4. The van der Waals surface area contributed by atoms with Crippen molar-refractivity contribution in [2.45, 2.75) is 19.4 Å². The molecule has 0 aliphatic carbocycles. The molecule has 3 aromatic rings. The topological polar surface area (TPSA) is 15.3 Å². The van der Waals surface area contributed by atoms with Crippen LogP contribution in [0.3, 0.4) is 0 Å². The van der Waals surface area contributed by atoms with E-state index in [1.807, 2.05) is 0 Å². The first kappa shape index (κ1) is 16.9. The Bertz CT molecular complexity index is 957. The highest BCUT2D eigenvalue weighted by Gasteiger charge is 2.30. The van der Waals surface area contributed by atoms with Gasteiger partial charge in [-0.15, -0.1) is 17.5 Å². The maximum absolute atomic E-state index is 5.79. The van der Waals surface area contributed by atoms with E-state index in [9.17, 15) is 0 Å². The molecule has 0 aromatic heterocycles. The molecule has 0 amide bonds. The van der Waals surface area contributed by atoms with Gasteiger partial charge in [0.05, 0.1) is 0 Å². The van der Waals surface area contributed by atoms with Crippen molar-refractivity contribution in [2.75, 3.05) is 15.9 Å². The van der Waals surface area contributed by atoms with Crippen LogP contribution >= 0.6 is 11.6 Å². The largest absolute Gasteiger partial charge is 0.463 e. The maximum atomic E-state index is 5.79. The van der Waals surface area contributed by atoms with Crippen LogP contribution in [0.2, 0.25) is 0 Å². The van der Waals surface area contributed by atoms with Crippen LogP contribution in [0.15, 0.2) is 66.7 Å². The van der Waals surface area contributed by atoms with E-state index in [1.54, 1.807) is 0 Å². The lowest BCUT2D eigenvalue weighted by molar-refractivity contribution is 0.991. The lowest BCUT2D eigenvalue weighted by Crippen LogP contribution is -2.47. The zero-order valence-corrected chi connectivity index (χ0v) is 15.3.